The lowest BCUT2D eigenvalue weighted by molar-refractivity contribution is 0.0263. The Hall–Kier alpha value is -1.85. The Morgan fingerprint density at radius 1 is 1.21 bits per heavy atom. The number of rotatable bonds is 3. The Kier molecular flexibility index (Phi) is 4.92. The summed E-state index contributed by atoms with van der Waals surface area (Å²) in [5.74, 6) is 1.80. The molecule has 0 bridgehead atoms. The lowest BCUT2D eigenvalue weighted by Gasteiger charge is -2.26. The molecule has 3 rings (SSSR count). The number of hydrogen-bond donors (Lipinski definition) is 0. The van der Waals surface area contributed by atoms with Crippen LogP contribution in [-0.2, 0) is 11.2 Å². The number of nitrogens with zero attached hydrogens (tertiary/aromatic N) is 4. The van der Waals surface area contributed by atoms with Crippen LogP contribution < -0.4 is 4.90 Å². The van der Waals surface area contributed by atoms with Gasteiger partial charge in [0.1, 0.15) is 17.7 Å². The van der Waals surface area contributed by atoms with Gasteiger partial charge < -0.3 is 14.5 Å². The molecule has 132 valence electrons. The van der Waals surface area contributed by atoms with Crippen LogP contribution in [0.3, 0.4) is 0 Å². The maximum Gasteiger partial charge on any atom is 0.410 e. The van der Waals surface area contributed by atoms with E-state index in [1.54, 1.807) is 11.2 Å². The van der Waals surface area contributed by atoms with Crippen molar-refractivity contribution in [1.82, 2.24) is 14.9 Å². The average Bonchev–Trinajstić information content (AvgIpc) is 3.31. The number of carbonyl (C=O) groups is 1. The minimum atomic E-state index is -0.451. The topological polar surface area (TPSA) is 58.6 Å². The summed E-state index contributed by atoms with van der Waals surface area (Å²) in [7, 11) is 0. The van der Waals surface area contributed by atoms with E-state index in [-0.39, 0.29) is 6.09 Å². The number of hydrogen-bond acceptors (Lipinski definition) is 5. The zero-order valence-electron chi connectivity index (χ0n) is 15.0. The maximum absolute atomic E-state index is 12.3. The molecule has 0 spiro atoms. The van der Waals surface area contributed by atoms with E-state index in [2.05, 4.69) is 20.9 Å². The maximum atomic E-state index is 12.3. The molecule has 2 aliphatic rings. The third-order valence-corrected chi connectivity index (χ3v) is 4.38. The van der Waals surface area contributed by atoms with Gasteiger partial charge in [0, 0.05) is 37.9 Å². The molecule has 0 atom stereocenters. The second-order valence-electron chi connectivity index (χ2n) is 7.82. The van der Waals surface area contributed by atoms with Gasteiger partial charge in [-0.25, -0.2) is 14.8 Å². The molecule has 6 heteroatoms. The van der Waals surface area contributed by atoms with Crippen LogP contribution in [0.2, 0.25) is 0 Å². The number of aromatic nitrogens is 2. The first kappa shape index (κ1) is 17.0. The Labute approximate surface area is 144 Å². The van der Waals surface area contributed by atoms with Gasteiger partial charge in [0.05, 0.1) is 0 Å². The van der Waals surface area contributed by atoms with Crippen molar-refractivity contribution in [2.45, 2.75) is 52.1 Å². The van der Waals surface area contributed by atoms with Gasteiger partial charge >= 0.3 is 6.09 Å². The third-order valence-electron chi connectivity index (χ3n) is 4.38. The predicted octanol–water partition coefficient (Wildman–Crippen LogP) is 2.88. The monoisotopic (exact) mass is 332 g/mol. The first-order valence-electron chi connectivity index (χ1n) is 8.94. The largest absolute Gasteiger partial charge is 0.444 e. The van der Waals surface area contributed by atoms with Gasteiger partial charge in [-0.15, -0.1) is 0 Å². The summed E-state index contributed by atoms with van der Waals surface area (Å²) >= 11 is 0. The summed E-state index contributed by atoms with van der Waals surface area (Å²) in [6.07, 6.45) is 6.08. The quantitative estimate of drug-likeness (QED) is 0.852. The SMILES string of the molecule is CC(C)(C)OC(=O)N1CCCN(c2cc(CC3CC3)ncn2)CC1. The van der Waals surface area contributed by atoms with E-state index in [0.29, 0.717) is 6.54 Å². The highest BCUT2D eigenvalue weighted by Crippen LogP contribution is 2.32. The first-order valence-corrected chi connectivity index (χ1v) is 8.94. The van der Waals surface area contributed by atoms with E-state index in [0.717, 1.165) is 49.9 Å². The standard InChI is InChI=1S/C18H28N4O2/c1-18(2,3)24-17(23)22-8-4-7-21(9-10-22)16-12-15(19-13-20-16)11-14-5-6-14/h12-14H,4-11H2,1-3H3. The van der Waals surface area contributed by atoms with E-state index in [1.165, 1.54) is 12.8 Å². The molecule has 1 aliphatic carbocycles. The smallest absolute Gasteiger partial charge is 0.410 e. The molecule has 1 saturated heterocycles. The van der Waals surface area contributed by atoms with Gasteiger partial charge in [0.25, 0.3) is 0 Å². The van der Waals surface area contributed by atoms with Crippen LogP contribution in [0.15, 0.2) is 12.4 Å². The second-order valence-corrected chi connectivity index (χ2v) is 7.82. The lowest BCUT2D eigenvalue weighted by atomic mass is 10.2. The summed E-state index contributed by atoms with van der Waals surface area (Å²) in [6, 6.07) is 2.11. The Morgan fingerprint density at radius 3 is 2.71 bits per heavy atom. The van der Waals surface area contributed by atoms with Crippen molar-refractivity contribution >= 4 is 11.9 Å². The van der Waals surface area contributed by atoms with Gasteiger partial charge in [-0.2, -0.15) is 0 Å². The zero-order chi connectivity index (χ0) is 17.2. The first-order chi connectivity index (χ1) is 11.4. The molecule has 6 nitrogen and oxygen atoms in total. The number of amides is 1. The number of carbonyl (C=O) groups excluding carboxylic acids is 1. The molecule has 1 amide bonds. The summed E-state index contributed by atoms with van der Waals surface area (Å²) in [6.45, 7) is 8.77. The van der Waals surface area contributed by atoms with Crippen LogP contribution in [-0.4, -0.2) is 52.7 Å². The van der Waals surface area contributed by atoms with Crippen molar-refractivity contribution in [2.24, 2.45) is 5.92 Å². The van der Waals surface area contributed by atoms with E-state index in [9.17, 15) is 4.79 Å². The van der Waals surface area contributed by atoms with Crippen LogP contribution in [0.5, 0.6) is 0 Å². The summed E-state index contributed by atoms with van der Waals surface area (Å²) in [5.41, 5.74) is 0.684. The normalized spacial score (nSPS) is 19.1. The minimum Gasteiger partial charge on any atom is -0.444 e. The predicted molar refractivity (Wildman–Crippen MR) is 93.1 cm³/mol. The molecule has 24 heavy (non-hydrogen) atoms. The van der Waals surface area contributed by atoms with Crippen molar-refractivity contribution in [2.75, 3.05) is 31.1 Å². The van der Waals surface area contributed by atoms with E-state index in [1.807, 2.05) is 20.8 Å². The molecule has 2 heterocycles. The minimum absolute atomic E-state index is 0.221. The number of anilines is 1. The van der Waals surface area contributed by atoms with Crippen LogP contribution in [0.4, 0.5) is 10.6 Å². The molecule has 2 fully saturated rings. The molecule has 0 N–H and O–H groups in total. The van der Waals surface area contributed by atoms with Gasteiger partial charge in [-0.3, -0.25) is 0 Å². The fourth-order valence-electron chi connectivity index (χ4n) is 2.94. The van der Waals surface area contributed by atoms with Gasteiger partial charge in [-0.05, 0) is 52.4 Å². The van der Waals surface area contributed by atoms with Crippen LogP contribution >= 0.6 is 0 Å². The van der Waals surface area contributed by atoms with Crippen molar-refractivity contribution in [3.63, 3.8) is 0 Å². The van der Waals surface area contributed by atoms with Crippen molar-refractivity contribution in [3.05, 3.63) is 18.1 Å². The zero-order valence-corrected chi connectivity index (χ0v) is 15.0. The van der Waals surface area contributed by atoms with Crippen molar-refractivity contribution < 1.29 is 9.53 Å². The van der Waals surface area contributed by atoms with Crippen LogP contribution in [0.25, 0.3) is 0 Å². The van der Waals surface area contributed by atoms with Gasteiger partial charge in [0.2, 0.25) is 0 Å². The average molecular weight is 332 g/mol. The number of ether oxygens (including phenoxy) is 1. The lowest BCUT2D eigenvalue weighted by Crippen LogP contribution is -2.39. The highest BCUT2D eigenvalue weighted by Gasteiger charge is 2.25. The summed E-state index contributed by atoms with van der Waals surface area (Å²) in [5, 5.41) is 0. The van der Waals surface area contributed by atoms with Gasteiger partial charge in [-0.1, -0.05) is 0 Å². The van der Waals surface area contributed by atoms with Crippen molar-refractivity contribution in [1.29, 1.82) is 0 Å². The van der Waals surface area contributed by atoms with Crippen LogP contribution in [0, 0.1) is 5.92 Å². The molecule has 1 aliphatic heterocycles. The highest BCUT2D eigenvalue weighted by atomic mass is 16.6. The fourth-order valence-corrected chi connectivity index (χ4v) is 2.94. The van der Waals surface area contributed by atoms with Gasteiger partial charge in [0.15, 0.2) is 0 Å². The van der Waals surface area contributed by atoms with E-state index in [4.69, 9.17) is 4.74 Å². The molecule has 1 aromatic rings. The fraction of sp³-hybridized carbons (Fsp3) is 0.722. The molecular weight excluding hydrogens is 304 g/mol. The van der Waals surface area contributed by atoms with E-state index < -0.39 is 5.60 Å². The van der Waals surface area contributed by atoms with E-state index >= 15 is 0 Å². The Morgan fingerprint density at radius 2 is 2.00 bits per heavy atom. The molecule has 0 aromatic carbocycles. The second kappa shape index (κ2) is 6.95. The molecule has 1 aromatic heterocycles. The Bertz CT molecular complexity index is 581. The molecule has 1 saturated carbocycles. The summed E-state index contributed by atoms with van der Waals surface area (Å²) in [4.78, 5) is 25.1. The molecule has 0 radical (unpaired) electrons. The third kappa shape index (κ3) is 4.82. The molecular formula is C18H28N4O2. The molecule has 0 unspecified atom stereocenters. The van der Waals surface area contributed by atoms with Crippen LogP contribution in [0.1, 0.15) is 45.7 Å². The summed E-state index contributed by atoms with van der Waals surface area (Å²) < 4.78 is 5.49. The Balaban J connectivity index is 1.59. The van der Waals surface area contributed by atoms with Crippen molar-refractivity contribution in [3.8, 4) is 0 Å². The highest BCUT2D eigenvalue weighted by molar-refractivity contribution is 5.68.